The van der Waals surface area contributed by atoms with Crippen molar-refractivity contribution in [2.75, 3.05) is 16.4 Å². The van der Waals surface area contributed by atoms with E-state index < -0.39 is 0 Å². The molecule has 0 aliphatic carbocycles. The molecular weight excluding hydrogens is 406 g/mol. The number of fused-ring (bicyclic) bond motifs is 1. The molecule has 0 spiro atoms. The number of aromatic nitrogens is 5. The number of aryl methyl sites for hydroxylation is 2. The van der Waals surface area contributed by atoms with Gasteiger partial charge in [-0.05, 0) is 52.9 Å². The largest absolute Gasteiger partial charge is 0.441 e. The molecule has 0 atom stereocenters. The molecule has 0 fully saturated rings. The number of rotatable bonds is 6. The summed E-state index contributed by atoms with van der Waals surface area (Å²) in [4.78, 5) is 28.8. The highest BCUT2D eigenvalue weighted by molar-refractivity contribution is 7.99. The van der Waals surface area contributed by atoms with Gasteiger partial charge in [0.2, 0.25) is 11.1 Å². The third-order valence-corrected chi connectivity index (χ3v) is 5.11. The van der Waals surface area contributed by atoms with Crippen LogP contribution in [0.4, 0.5) is 11.4 Å². The highest BCUT2D eigenvalue weighted by Crippen LogP contribution is 2.20. The molecular formula is C19H17N7O3S. The summed E-state index contributed by atoms with van der Waals surface area (Å²) in [6.07, 6.45) is 0. The van der Waals surface area contributed by atoms with Crippen LogP contribution < -0.4 is 10.6 Å². The summed E-state index contributed by atoms with van der Waals surface area (Å²) >= 11 is 1.23. The van der Waals surface area contributed by atoms with Crippen molar-refractivity contribution in [1.29, 1.82) is 0 Å². The molecule has 2 N–H and O–H groups in total. The van der Waals surface area contributed by atoms with Crippen molar-refractivity contribution < 1.29 is 14.0 Å². The second-order valence-electron chi connectivity index (χ2n) is 6.37. The number of anilines is 2. The van der Waals surface area contributed by atoms with Gasteiger partial charge in [0, 0.05) is 30.9 Å². The van der Waals surface area contributed by atoms with Crippen molar-refractivity contribution in [2.45, 2.75) is 12.1 Å². The molecule has 0 bridgehead atoms. The van der Waals surface area contributed by atoms with Crippen LogP contribution in [-0.2, 0) is 11.8 Å². The molecule has 0 aliphatic heterocycles. The van der Waals surface area contributed by atoms with Gasteiger partial charge in [0.25, 0.3) is 5.91 Å². The van der Waals surface area contributed by atoms with Crippen molar-refractivity contribution in [2.24, 2.45) is 7.05 Å². The lowest BCUT2D eigenvalue weighted by Crippen LogP contribution is -2.15. The number of nitrogens with zero attached hydrogens (tertiary/aromatic N) is 5. The second kappa shape index (κ2) is 8.33. The van der Waals surface area contributed by atoms with E-state index in [4.69, 9.17) is 4.42 Å². The van der Waals surface area contributed by atoms with Crippen LogP contribution in [0.25, 0.3) is 11.1 Å². The van der Waals surface area contributed by atoms with E-state index in [0.717, 1.165) is 0 Å². The maximum absolute atomic E-state index is 12.5. The fraction of sp³-hybridized carbons (Fsp3) is 0.158. The van der Waals surface area contributed by atoms with E-state index >= 15 is 0 Å². The van der Waals surface area contributed by atoms with Crippen LogP contribution in [0.1, 0.15) is 16.2 Å². The van der Waals surface area contributed by atoms with Crippen molar-refractivity contribution in [3.05, 3.63) is 53.9 Å². The minimum absolute atomic E-state index is 0.167. The van der Waals surface area contributed by atoms with E-state index in [1.54, 1.807) is 56.4 Å². The third kappa shape index (κ3) is 4.46. The van der Waals surface area contributed by atoms with Gasteiger partial charge in [0.15, 0.2) is 11.5 Å². The van der Waals surface area contributed by atoms with Gasteiger partial charge in [-0.3, -0.25) is 9.59 Å². The molecule has 10 nitrogen and oxygen atoms in total. The van der Waals surface area contributed by atoms with Crippen molar-refractivity contribution >= 4 is 46.1 Å². The molecule has 2 amide bonds. The van der Waals surface area contributed by atoms with Crippen LogP contribution in [0.3, 0.4) is 0 Å². The highest BCUT2D eigenvalue weighted by atomic mass is 32.2. The molecule has 0 aliphatic rings. The van der Waals surface area contributed by atoms with E-state index in [0.29, 0.717) is 39.1 Å². The van der Waals surface area contributed by atoms with Crippen LogP contribution in [-0.4, -0.2) is 42.8 Å². The predicted molar refractivity (Wildman–Crippen MR) is 111 cm³/mol. The van der Waals surface area contributed by atoms with Crippen molar-refractivity contribution in [1.82, 2.24) is 25.2 Å². The predicted octanol–water partition coefficient (Wildman–Crippen LogP) is 2.64. The molecule has 0 radical (unpaired) electrons. The molecule has 2 heterocycles. The summed E-state index contributed by atoms with van der Waals surface area (Å²) in [6.45, 7) is 1.77. The topological polar surface area (TPSA) is 128 Å². The Labute approximate surface area is 175 Å². The fourth-order valence-electron chi connectivity index (χ4n) is 2.70. The summed E-state index contributed by atoms with van der Waals surface area (Å²) < 4.78 is 6.92. The first-order chi connectivity index (χ1) is 14.5. The Morgan fingerprint density at radius 1 is 1.10 bits per heavy atom. The molecule has 2 aromatic heterocycles. The zero-order valence-corrected chi connectivity index (χ0v) is 16.9. The number of nitrogens with one attached hydrogen (secondary N) is 2. The number of thioether (sulfide) groups is 1. The summed E-state index contributed by atoms with van der Waals surface area (Å²) in [5.74, 6) is 0.271. The van der Waals surface area contributed by atoms with Gasteiger partial charge in [-0.2, -0.15) is 0 Å². The molecule has 4 rings (SSSR count). The number of benzene rings is 2. The lowest BCUT2D eigenvalue weighted by atomic mass is 10.2. The summed E-state index contributed by atoms with van der Waals surface area (Å²) in [7, 11) is 1.70. The lowest BCUT2D eigenvalue weighted by molar-refractivity contribution is -0.113. The standard InChI is InChI=1S/C19H17N7O3S/c1-11-20-15-9-14(7-8-16(15)29-11)22-18(28)12-3-5-13(6-4-12)21-17(27)10-30-19-23-24-25-26(19)2/h3-9H,10H2,1-2H3,(H,21,27)(H,22,28). The van der Waals surface area contributed by atoms with Gasteiger partial charge in [-0.15, -0.1) is 5.10 Å². The number of tetrazole rings is 1. The van der Waals surface area contributed by atoms with E-state index in [2.05, 4.69) is 31.1 Å². The Morgan fingerprint density at radius 2 is 1.87 bits per heavy atom. The minimum atomic E-state index is -0.266. The maximum atomic E-state index is 12.5. The van der Waals surface area contributed by atoms with Crippen molar-refractivity contribution in [3.63, 3.8) is 0 Å². The Morgan fingerprint density at radius 3 is 2.60 bits per heavy atom. The molecule has 0 unspecified atom stereocenters. The zero-order valence-electron chi connectivity index (χ0n) is 16.1. The quantitative estimate of drug-likeness (QED) is 0.453. The SMILES string of the molecule is Cc1nc2cc(NC(=O)c3ccc(NC(=O)CSc4nnnn4C)cc3)ccc2o1. The number of hydrogen-bond donors (Lipinski definition) is 2. The number of hydrogen-bond acceptors (Lipinski definition) is 8. The van der Waals surface area contributed by atoms with E-state index in [9.17, 15) is 9.59 Å². The van der Waals surface area contributed by atoms with Crippen LogP contribution >= 0.6 is 11.8 Å². The Bertz CT molecular complexity index is 1220. The lowest BCUT2D eigenvalue weighted by Gasteiger charge is -2.07. The molecule has 2 aromatic carbocycles. The maximum Gasteiger partial charge on any atom is 0.255 e. The first kappa shape index (κ1) is 19.6. The van der Waals surface area contributed by atoms with Gasteiger partial charge in [-0.1, -0.05) is 11.8 Å². The van der Waals surface area contributed by atoms with Crippen LogP contribution in [0, 0.1) is 6.92 Å². The highest BCUT2D eigenvalue weighted by Gasteiger charge is 2.11. The van der Waals surface area contributed by atoms with E-state index in [1.165, 1.54) is 16.4 Å². The third-order valence-electron chi connectivity index (χ3n) is 4.10. The zero-order chi connectivity index (χ0) is 21.1. The van der Waals surface area contributed by atoms with E-state index in [1.807, 2.05) is 0 Å². The number of carbonyl (C=O) groups excluding carboxylic acids is 2. The first-order valence-corrected chi connectivity index (χ1v) is 9.90. The van der Waals surface area contributed by atoms with Gasteiger partial charge in [-0.25, -0.2) is 9.67 Å². The number of oxazole rings is 1. The Kier molecular flexibility index (Phi) is 5.44. The summed E-state index contributed by atoms with van der Waals surface area (Å²) in [5.41, 5.74) is 3.02. The van der Waals surface area contributed by atoms with Crippen LogP contribution in [0.2, 0.25) is 0 Å². The fourth-order valence-corrected chi connectivity index (χ4v) is 3.35. The first-order valence-electron chi connectivity index (χ1n) is 8.91. The molecule has 0 saturated carbocycles. The van der Waals surface area contributed by atoms with Crippen molar-refractivity contribution in [3.8, 4) is 0 Å². The molecule has 0 saturated heterocycles. The molecule has 11 heteroatoms. The summed E-state index contributed by atoms with van der Waals surface area (Å²) in [6, 6.07) is 11.9. The molecule has 30 heavy (non-hydrogen) atoms. The minimum Gasteiger partial charge on any atom is -0.441 e. The molecule has 4 aromatic rings. The normalized spacial score (nSPS) is 10.9. The smallest absolute Gasteiger partial charge is 0.255 e. The van der Waals surface area contributed by atoms with Crippen LogP contribution in [0.15, 0.2) is 52.0 Å². The summed E-state index contributed by atoms with van der Waals surface area (Å²) in [5, 5.41) is 17.2. The van der Waals surface area contributed by atoms with Gasteiger partial charge < -0.3 is 15.1 Å². The number of carbonyl (C=O) groups is 2. The van der Waals surface area contributed by atoms with Gasteiger partial charge >= 0.3 is 0 Å². The molecule has 152 valence electrons. The van der Waals surface area contributed by atoms with Crippen LogP contribution in [0.5, 0.6) is 0 Å². The monoisotopic (exact) mass is 423 g/mol. The average molecular weight is 423 g/mol. The Balaban J connectivity index is 1.34. The Hall–Kier alpha value is -3.73. The second-order valence-corrected chi connectivity index (χ2v) is 7.31. The number of amides is 2. The van der Waals surface area contributed by atoms with Gasteiger partial charge in [0.1, 0.15) is 5.52 Å². The van der Waals surface area contributed by atoms with E-state index in [-0.39, 0.29) is 17.6 Å². The average Bonchev–Trinajstić information content (AvgIpc) is 3.30. The van der Waals surface area contributed by atoms with Gasteiger partial charge in [0.05, 0.1) is 5.75 Å².